The van der Waals surface area contributed by atoms with Crippen LogP contribution in [0.5, 0.6) is 0 Å². The number of hydrogen-bond acceptors (Lipinski definition) is 3. The lowest BCUT2D eigenvalue weighted by Crippen LogP contribution is -2.43. The van der Waals surface area contributed by atoms with Crippen molar-refractivity contribution in [3.05, 3.63) is 34.9 Å². The van der Waals surface area contributed by atoms with Gasteiger partial charge >= 0.3 is 0 Å². The van der Waals surface area contributed by atoms with Gasteiger partial charge in [0, 0.05) is 42.2 Å². The third kappa shape index (κ3) is 2.15. The zero-order valence-electron chi connectivity index (χ0n) is 9.49. The van der Waals surface area contributed by atoms with E-state index in [-0.39, 0.29) is 0 Å². The molecule has 3 rings (SSSR count). The van der Waals surface area contributed by atoms with Gasteiger partial charge in [-0.2, -0.15) is 0 Å². The lowest BCUT2D eigenvalue weighted by molar-refractivity contribution is 0.586. The highest BCUT2D eigenvalue weighted by Gasteiger charge is 2.14. The van der Waals surface area contributed by atoms with Crippen molar-refractivity contribution in [3.8, 4) is 0 Å². The van der Waals surface area contributed by atoms with E-state index in [0.717, 1.165) is 36.5 Å². The van der Waals surface area contributed by atoms with Crippen LogP contribution in [0.4, 0.5) is 5.82 Å². The largest absolute Gasteiger partial charge is 0.354 e. The number of aromatic nitrogens is 1. The maximum atomic E-state index is 4.54. The van der Waals surface area contributed by atoms with Crippen LogP contribution < -0.4 is 10.2 Å². The summed E-state index contributed by atoms with van der Waals surface area (Å²) in [6.07, 6.45) is 1.89. The van der Waals surface area contributed by atoms with Gasteiger partial charge < -0.3 is 10.2 Å². The maximum absolute atomic E-state index is 4.54. The van der Waals surface area contributed by atoms with E-state index >= 15 is 0 Å². The average Bonchev–Trinajstić information content (AvgIpc) is 2.39. The van der Waals surface area contributed by atoms with E-state index in [4.69, 9.17) is 0 Å². The molecule has 0 amide bonds. The summed E-state index contributed by atoms with van der Waals surface area (Å²) in [6.45, 7) is 4.13. The molecule has 1 aromatic carbocycles. The molecule has 2 aromatic rings. The molecule has 1 aliphatic heterocycles. The minimum Gasteiger partial charge on any atom is -0.354 e. The predicted octanol–water partition coefficient (Wildman–Crippen LogP) is 2.41. The van der Waals surface area contributed by atoms with Crippen molar-refractivity contribution in [1.82, 2.24) is 10.3 Å². The second-order valence-electron chi connectivity index (χ2n) is 4.24. The molecule has 1 N–H and O–H groups in total. The Morgan fingerprint density at radius 3 is 2.82 bits per heavy atom. The predicted molar refractivity (Wildman–Crippen MR) is 74.5 cm³/mol. The highest BCUT2D eigenvalue weighted by Crippen LogP contribution is 2.27. The van der Waals surface area contributed by atoms with Gasteiger partial charge in [-0.25, -0.2) is 4.98 Å². The fraction of sp³-hybridized carbons (Fsp3) is 0.308. The summed E-state index contributed by atoms with van der Waals surface area (Å²) in [5.41, 5.74) is 0. The Balaban J connectivity index is 2.09. The third-order valence-corrected chi connectivity index (χ3v) is 3.62. The number of benzene rings is 1. The van der Waals surface area contributed by atoms with E-state index in [1.54, 1.807) is 0 Å². The van der Waals surface area contributed by atoms with E-state index in [2.05, 4.69) is 55.4 Å². The Kier molecular flexibility index (Phi) is 2.99. The fourth-order valence-electron chi connectivity index (χ4n) is 2.26. The molecule has 0 saturated carbocycles. The molecule has 1 aromatic heterocycles. The Hall–Kier alpha value is -1.13. The minimum atomic E-state index is 1.03. The molecule has 1 fully saturated rings. The number of fused-ring (bicyclic) bond motifs is 1. The topological polar surface area (TPSA) is 28.2 Å². The van der Waals surface area contributed by atoms with Gasteiger partial charge in [0.1, 0.15) is 5.82 Å². The molecule has 0 spiro atoms. The molecule has 1 aliphatic rings. The van der Waals surface area contributed by atoms with Gasteiger partial charge in [-0.05, 0) is 29.7 Å². The molecule has 0 aliphatic carbocycles. The van der Waals surface area contributed by atoms with E-state index in [9.17, 15) is 0 Å². The SMILES string of the molecule is Brc1ccc2c(N3CCNCC3)nccc2c1. The minimum absolute atomic E-state index is 1.03. The molecule has 0 unspecified atom stereocenters. The number of nitrogens with zero attached hydrogens (tertiary/aromatic N) is 2. The van der Waals surface area contributed by atoms with E-state index in [1.165, 1.54) is 10.8 Å². The molecular weight excluding hydrogens is 278 g/mol. The molecule has 2 heterocycles. The van der Waals surface area contributed by atoms with Crippen molar-refractivity contribution in [3.63, 3.8) is 0 Å². The van der Waals surface area contributed by atoms with Crippen molar-refractivity contribution < 1.29 is 0 Å². The number of pyridine rings is 1. The Morgan fingerprint density at radius 1 is 1.18 bits per heavy atom. The second-order valence-corrected chi connectivity index (χ2v) is 5.15. The number of halogens is 1. The first kappa shape index (κ1) is 11.0. The summed E-state index contributed by atoms with van der Waals surface area (Å²) in [7, 11) is 0. The first-order chi connectivity index (χ1) is 8.34. The summed E-state index contributed by atoms with van der Waals surface area (Å²) in [6, 6.07) is 8.42. The van der Waals surface area contributed by atoms with Crippen LogP contribution in [0.15, 0.2) is 34.9 Å². The van der Waals surface area contributed by atoms with Gasteiger partial charge in [0.2, 0.25) is 0 Å². The highest BCUT2D eigenvalue weighted by atomic mass is 79.9. The summed E-state index contributed by atoms with van der Waals surface area (Å²) < 4.78 is 1.11. The molecule has 88 valence electrons. The highest BCUT2D eigenvalue weighted by molar-refractivity contribution is 9.10. The number of piperazine rings is 1. The second kappa shape index (κ2) is 4.63. The van der Waals surface area contributed by atoms with Crippen molar-refractivity contribution in [2.75, 3.05) is 31.1 Å². The van der Waals surface area contributed by atoms with Crippen LogP contribution in [-0.2, 0) is 0 Å². The fourth-order valence-corrected chi connectivity index (χ4v) is 2.64. The summed E-state index contributed by atoms with van der Waals surface area (Å²) in [5, 5.41) is 5.84. The normalized spacial score (nSPS) is 16.4. The van der Waals surface area contributed by atoms with Gasteiger partial charge in [-0.1, -0.05) is 15.9 Å². The quantitative estimate of drug-likeness (QED) is 0.875. The molecule has 17 heavy (non-hydrogen) atoms. The Morgan fingerprint density at radius 2 is 2.00 bits per heavy atom. The Bertz CT molecular complexity index is 535. The van der Waals surface area contributed by atoms with Gasteiger partial charge in [0.25, 0.3) is 0 Å². The van der Waals surface area contributed by atoms with Gasteiger partial charge in [0.15, 0.2) is 0 Å². The summed E-state index contributed by atoms with van der Waals surface area (Å²) in [5.74, 6) is 1.11. The van der Waals surface area contributed by atoms with Crippen LogP contribution in [-0.4, -0.2) is 31.2 Å². The van der Waals surface area contributed by atoms with Crippen molar-refractivity contribution in [1.29, 1.82) is 0 Å². The zero-order valence-corrected chi connectivity index (χ0v) is 11.1. The number of rotatable bonds is 1. The number of hydrogen-bond donors (Lipinski definition) is 1. The van der Waals surface area contributed by atoms with Crippen LogP contribution in [0.2, 0.25) is 0 Å². The van der Waals surface area contributed by atoms with Crippen LogP contribution in [0, 0.1) is 0 Å². The van der Waals surface area contributed by atoms with Crippen molar-refractivity contribution in [2.24, 2.45) is 0 Å². The summed E-state index contributed by atoms with van der Waals surface area (Å²) >= 11 is 3.51. The van der Waals surface area contributed by atoms with Crippen LogP contribution in [0.1, 0.15) is 0 Å². The maximum Gasteiger partial charge on any atom is 0.136 e. The standard InChI is InChI=1S/C13H14BrN3/c14-11-1-2-12-10(9-11)3-4-16-13(12)17-7-5-15-6-8-17/h1-4,9,15H,5-8H2. The van der Waals surface area contributed by atoms with Crippen LogP contribution in [0.3, 0.4) is 0 Å². The van der Waals surface area contributed by atoms with Crippen LogP contribution in [0.25, 0.3) is 10.8 Å². The Labute approximate surface area is 109 Å². The summed E-state index contributed by atoms with van der Waals surface area (Å²) in [4.78, 5) is 6.90. The monoisotopic (exact) mass is 291 g/mol. The molecule has 3 nitrogen and oxygen atoms in total. The van der Waals surface area contributed by atoms with Crippen molar-refractivity contribution >= 4 is 32.5 Å². The smallest absolute Gasteiger partial charge is 0.136 e. The molecule has 1 saturated heterocycles. The van der Waals surface area contributed by atoms with E-state index in [1.807, 2.05) is 6.20 Å². The van der Waals surface area contributed by atoms with E-state index in [0.29, 0.717) is 0 Å². The first-order valence-corrected chi connectivity index (χ1v) is 6.64. The molecule has 0 bridgehead atoms. The average molecular weight is 292 g/mol. The third-order valence-electron chi connectivity index (χ3n) is 3.12. The van der Waals surface area contributed by atoms with Gasteiger partial charge in [-0.3, -0.25) is 0 Å². The number of nitrogens with one attached hydrogen (secondary N) is 1. The molecule has 0 radical (unpaired) electrons. The van der Waals surface area contributed by atoms with Crippen LogP contribution >= 0.6 is 15.9 Å². The van der Waals surface area contributed by atoms with E-state index < -0.39 is 0 Å². The lowest BCUT2D eigenvalue weighted by Gasteiger charge is -2.29. The first-order valence-electron chi connectivity index (χ1n) is 5.84. The molecule has 4 heteroatoms. The van der Waals surface area contributed by atoms with Gasteiger partial charge in [-0.15, -0.1) is 0 Å². The zero-order chi connectivity index (χ0) is 11.7. The van der Waals surface area contributed by atoms with Crippen molar-refractivity contribution in [2.45, 2.75) is 0 Å². The van der Waals surface area contributed by atoms with Gasteiger partial charge in [0.05, 0.1) is 0 Å². The number of anilines is 1. The molecule has 0 atom stereocenters. The lowest BCUT2D eigenvalue weighted by atomic mass is 10.1. The molecular formula is C13H14BrN3.